The number of imide groups is 1. The maximum atomic E-state index is 13.6. The van der Waals surface area contributed by atoms with Gasteiger partial charge in [-0.25, -0.2) is 9.18 Å². The van der Waals surface area contributed by atoms with E-state index in [0.29, 0.717) is 21.9 Å². The van der Waals surface area contributed by atoms with E-state index in [9.17, 15) is 19.1 Å². The predicted molar refractivity (Wildman–Crippen MR) is 104 cm³/mol. The van der Waals surface area contributed by atoms with Crippen LogP contribution >= 0.6 is 0 Å². The van der Waals surface area contributed by atoms with Crippen LogP contribution in [0.15, 0.2) is 60.9 Å². The van der Waals surface area contributed by atoms with Gasteiger partial charge in [0, 0.05) is 28.6 Å². The van der Waals surface area contributed by atoms with E-state index in [0.717, 1.165) is 5.39 Å². The molecule has 1 unspecified atom stereocenters. The maximum absolute atomic E-state index is 13.6. The van der Waals surface area contributed by atoms with Crippen molar-refractivity contribution in [2.24, 2.45) is 0 Å². The lowest BCUT2D eigenvalue weighted by Gasteiger charge is -2.27. The molecular weight excluding hydrogens is 375 g/mol. The molecule has 3 N–H and O–H groups in total. The number of pyridine rings is 1. The van der Waals surface area contributed by atoms with E-state index in [1.807, 2.05) is 18.2 Å². The standard InChI is InChI=1S/C21H15FN4O3/c22-15-6-4-13-10-26(18(27)16(13)9-15)11-21(19(28)24-20(29)25-21)14-5-3-12-2-1-7-23-17(12)8-14/h1-10,27H,11H2,(H2,24,25,28,29). The molecule has 144 valence electrons. The van der Waals surface area contributed by atoms with E-state index in [1.165, 1.54) is 16.7 Å². The molecule has 1 fully saturated rings. The molecule has 3 amide bonds. The van der Waals surface area contributed by atoms with Crippen molar-refractivity contribution in [1.29, 1.82) is 0 Å². The second kappa shape index (κ2) is 6.03. The number of halogens is 1. The van der Waals surface area contributed by atoms with Crippen LogP contribution in [0.4, 0.5) is 9.18 Å². The Bertz CT molecular complexity index is 1320. The normalized spacial score (nSPS) is 18.9. The summed E-state index contributed by atoms with van der Waals surface area (Å²) < 4.78 is 15.0. The Balaban J connectivity index is 1.67. The summed E-state index contributed by atoms with van der Waals surface area (Å²) in [6.07, 6.45) is 3.26. The van der Waals surface area contributed by atoms with Crippen LogP contribution in [0.3, 0.4) is 0 Å². The number of carbonyl (C=O) groups excluding carboxylic acids is 2. The second-order valence-corrected chi connectivity index (χ2v) is 7.04. The first-order chi connectivity index (χ1) is 14.0. The highest BCUT2D eigenvalue weighted by Gasteiger charge is 2.48. The van der Waals surface area contributed by atoms with E-state index in [-0.39, 0.29) is 12.4 Å². The quantitative estimate of drug-likeness (QED) is 0.469. The summed E-state index contributed by atoms with van der Waals surface area (Å²) in [7, 11) is 0. The molecule has 1 aliphatic heterocycles. The monoisotopic (exact) mass is 390 g/mol. The highest BCUT2D eigenvalue weighted by molar-refractivity contribution is 6.07. The summed E-state index contributed by atoms with van der Waals surface area (Å²) in [5, 5.41) is 17.4. The molecule has 4 aromatic rings. The number of amides is 3. The average Bonchev–Trinajstić information content (AvgIpc) is 3.17. The van der Waals surface area contributed by atoms with Crippen LogP contribution in [0.1, 0.15) is 5.56 Å². The number of nitrogens with zero attached hydrogens (tertiary/aromatic N) is 2. The van der Waals surface area contributed by atoms with Crippen molar-refractivity contribution in [3.63, 3.8) is 0 Å². The number of fused-ring (bicyclic) bond motifs is 2. The Morgan fingerprint density at radius 3 is 2.72 bits per heavy atom. The zero-order valence-corrected chi connectivity index (χ0v) is 15.0. The summed E-state index contributed by atoms with van der Waals surface area (Å²) in [5.74, 6) is -1.21. The van der Waals surface area contributed by atoms with E-state index in [4.69, 9.17) is 0 Å². The van der Waals surface area contributed by atoms with E-state index >= 15 is 0 Å². The van der Waals surface area contributed by atoms with Gasteiger partial charge >= 0.3 is 6.03 Å². The number of nitrogens with one attached hydrogen (secondary N) is 2. The number of benzene rings is 2. The van der Waals surface area contributed by atoms with Crippen LogP contribution in [0.2, 0.25) is 0 Å². The van der Waals surface area contributed by atoms with Crippen molar-refractivity contribution < 1.29 is 19.1 Å². The van der Waals surface area contributed by atoms with Gasteiger partial charge in [0.2, 0.25) is 0 Å². The van der Waals surface area contributed by atoms with Crippen molar-refractivity contribution in [1.82, 2.24) is 20.2 Å². The van der Waals surface area contributed by atoms with Gasteiger partial charge in [0.1, 0.15) is 5.82 Å². The van der Waals surface area contributed by atoms with Crippen molar-refractivity contribution in [3.8, 4) is 5.88 Å². The Hall–Kier alpha value is -3.94. The van der Waals surface area contributed by atoms with Crippen molar-refractivity contribution >= 4 is 33.6 Å². The molecule has 0 saturated carbocycles. The van der Waals surface area contributed by atoms with Gasteiger partial charge < -0.3 is 15.0 Å². The van der Waals surface area contributed by atoms with Gasteiger partial charge in [0.15, 0.2) is 11.4 Å². The molecule has 0 radical (unpaired) electrons. The van der Waals surface area contributed by atoms with Gasteiger partial charge in [0.05, 0.1) is 12.1 Å². The molecule has 0 aliphatic carbocycles. The van der Waals surface area contributed by atoms with Crippen LogP contribution in [0.5, 0.6) is 5.88 Å². The fraction of sp³-hybridized carbons (Fsp3) is 0.0952. The molecule has 7 nitrogen and oxygen atoms in total. The van der Waals surface area contributed by atoms with Gasteiger partial charge in [0.25, 0.3) is 5.91 Å². The van der Waals surface area contributed by atoms with E-state index in [1.54, 1.807) is 30.6 Å². The zero-order valence-electron chi connectivity index (χ0n) is 15.0. The van der Waals surface area contributed by atoms with Gasteiger partial charge in [-0.2, -0.15) is 0 Å². The fourth-order valence-electron chi connectivity index (χ4n) is 3.82. The minimum Gasteiger partial charge on any atom is -0.494 e. The van der Waals surface area contributed by atoms with Gasteiger partial charge in [-0.1, -0.05) is 18.2 Å². The van der Waals surface area contributed by atoms with Crippen molar-refractivity contribution in [2.75, 3.05) is 0 Å². The molecule has 0 spiro atoms. The number of hydrogen-bond acceptors (Lipinski definition) is 4. The third-order valence-electron chi connectivity index (χ3n) is 5.27. The average molecular weight is 390 g/mol. The number of hydrogen-bond donors (Lipinski definition) is 3. The van der Waals surface area contributed by atoms with Gasteiger partial charge in [-0.15, -0.1) is 0 Å². The molecule has 2 aromatic carbocycles. The zero-order chi connectivity index (χ0) is 20.2. The van der Waals surface area contributed by atoms with Crippen molar-refractivity contribution in [3.05, 3.63) is 72.3 Å². The first-order valence-corrected chi connectivity index (χ1v) is 8.92. The van der Waals surface area contributed by atoms with Gasteiger partial charge in [-0.05, 0) is 35.9 Å². The molecule has 3 heterocycles. The third kappa shape index (κ3) is 2.60. The second-order valence-electron chi connectivity index (χ2n) is 7.04. The number of aromatic hydroxyl groups is 1. The van der Waals surface area contributed by atoms with Crippen LogP contribution in [0.25, 0.3) is 21.7 Å². The molecule has 1 aliphatic rings. The summed E-state index contributed by atoms with van der Waals surface area (Å²) in [6.45, 7) is -0.0783. The molecule has 29 heavy (non-hydrogen) atoms. The minimum absolute atomic E-state index is 0.0783. The Morgan fingerprint density at radius 1 is 1.10 bits per heavy atom. The number of rotatable bonds is 3. The topological polar surface area (TPSA) is 96.2 Å². The first-order valence-electron chi connectivity index (χ1n) is 8.92. The fourth-order valence-corrected chi connectivity index (χ4v) is 3.82. The Kier molecular flexibility index (Phi) is 3.57. The highest BCUT2D eigenvalue weighted by Crippen LogP contribution is 2.34. The van der Waals surface area contributed by atoms with Gasteiger partial charge in [-0.3, -0.25) is 15.1 Å². The number of urea groups is 1. The SMILES string of the molecule is O=C1NC(=O)C(Cn2cc3ccc(F)cc3c2O)(c2ccc3cccnc3c2)N1. The van der Waals surface area contributed by atoms with E-state index in [2.05, 4.69) is 15.6 Å². The Morgan fingerprint density at radius 2 is 1.93 bits per heavy atom. The number of carbonyl (C=O) groups is 2. The van der Waals surface area contributed by atoms with Crippen LogP contribution in [-0.4, -0.2) is 26.6 Å². The summed E-state index contributed by atoms with van der Waals surface area (Å²) in [4.78, 5) is 29.2. The molecule has 2 aromatic heterocycles. The smallest absolute Gasteiger partial charge is 0.322 e. The lowest BCUT2D eigenvalue weighted by molar-refractivity contribution is -0.124. The van der Waals surface area contributed by atoms with Crippen LogP contribution < -0.4 is 10.6 Å². The van der Waals surface area contributed by atoms with Crippen LogP contribution in [0, 0.1) is 5.82 Å². The summed E-state index contributed by atoms with van der Waals surface area (Å²) >= 11 is 0. The lowest BCUT2D eigenvalue weighted by atomic mass is 9.89. The molecule has 5 rings (SSSR count). The largest absolute Gasteiger partial charge is 0.494 e. The third-order valence-corrected chi connectivity index (χ3v) is 5.27. The molecule has 1 saturated heterocycles. The Labute approximate surface area is 163 Å². The summed E-state index contributed by atoms with van der Waals surface area (Å²) in [5.41, 5.74) is -0.258. The van der Waals surface area contributed by atoms with Crippen LogP contribution in [-0.2, 0) is 16.9 Å². The number of aromatic nitrogens is 2. The van der Waals surface area contributed by atoms with Crippen molar-refractivity contribution in [2.45, 2.75) is 12.1 Å². The van der Waals surface area contributed by atoms with E-state index < -0.39 is 23.3 Å². The lowest BCUT2D eigenvalue weighted by Crippen LogP contribution is -2.47. The molecule has 1 atom stereocenters. The molecule has 0 bridgehead atoms. The molecule has 8 heteroatoms. The summed E-state index contributed by atoms with van der Waals surface area (Å²) in [6, 6.07) is 12.4. The first kappa shape index (κ1) is 17.2. The predicted octanol–water partition coefficient (Wildman–Crippen LogP) is 2.77. The maximum Gasteiger partial charge on any atom is 0.322 e. The molecular formula is C21H15FN4O3. The highest BCUT2D eigenvalue weighted by atomic mass is 19.1. The minimum atomic E-state index is -1.45.